The zero-order chi connectivity index (χ0) is 15.1. The zero-order valence-electron chi connectivity index (χ0n) is 11.8. The van der Waals surface area contributed by atoms with E-state index < -0.39 is 18.6 Å². The number of carbonyl (C=O) groups excluding carboxylic acids is 1. The van der Waals surface area contributed by atoms with Crippen molar-refractivity contribution < 1.29 is 23.0 Å². The predicted octanol–water partition coefficient (Wildman–Crippen LogP) is 2.78. The number of hydrogen-bond donors (Lipinski definition) is 2. The van der Waals surface area contributed by atoms with Gasteiger partial charge >= 0.3 is 6.61 Å². The highest BCUT2D eigenvalue weighted by Gasteiger charge is 2.17. The topological polar surface area (TPSA) is 73.6 Å². The molecule has 3 N–H and O–H groups in total. The summed E-state index contributed by atoms with van der Waals surface area (Å²) in [7, 11) is 1.43. The third-order valence-corrected chi connectivity index (χ3v) is 2.60. The van der Waals surface area contributed by atoms with E-state index in [1.54, 1.807) is 0 Å². The first-order valence-electron chi connectivity index (χ1n) is 6.17. The molecule has 0 saturated carbocycles. The molecular weight excluding hydrogens is 306 g/mol. The molecule has 0 radical (unpaired) electrons. The molecule has 1 unspecified atom stereocenters. The number of anilines is 1. The second-order valence-electron chi connectivity index (χ2n) is 4.13. The summed E-state index contributed by atoms with van der Waals surface area (Å²) in [5.74, 6) is -0.192. The third-order valence-electron chi connectivity index (χ3n) is 2.60. The van der Waals surface area contributed by atoms with E-state index in [-0.39, 0.29) is 23.8 Å². The minimum absolute atomic E-state index is 0. The summed E-state index contributed by atoms with van der Waals surface area (Å²) < 4.78 is 33.9. The van der Waals surface area contributed by atoms with Gasteiger partial charge in [0.15, 0.2) is 0 Å². The molecular formula is C13H19ClF2N2O3. The lowest BCUT2D eigenvalue weighted by Gasteiger charge is -2.15. The van der Waals surface area contributed by atoms with E-state index in [1.807, 2.05) is 6.92 Å². The van der Waals surface area contributed by atoms with Gasteiger partial charge in [0.2, 0.25) is 5.91 Å². The molecule has 0 aliphatic rings. The fraction of sp³-hybridized carbons (Fsp3) is 0.462. The smallest absolute Gasteiger partial charge is 0.387 e. The van der Waals surface area contributed by atoms with Crippen LogP contribution in [0.4, 0.5) is 14.5 Å². The lowest BCUT2D eigenvalue weighted by Crippen LogP contribution is -2.35. The number of nitrogens with one attached hydrogen (secondary N) is 1. The summed E-state index contributed by atoms with van der Waals surface area (Å²) in [5.41, 5.74) is 5.76. The van der Waals surface area contributed by atoms with Gasteiger partial charge in [-0.2, -0.15) is 8.78 Å². The van der Waals surface area contributed by atoms with Crippen LogP contribution < -0.4 is 20.5 Å². The first-order chi connectivity index (χ1) is 9.47. The molecule has 1 atom stereocenters. The van der Waals surface area contributed by atoms with Gasteiger partial charge in [-0.05, 0) is 18.6 Å². The van der Waals surface area contributed by atoms with E-state index in [2.05, 4.69) is 10.1 Å². The van der Waals surface area contributed by atoms with Gasteiger partial charge in [-0.1, -0.05) is 13.3 Å². The lowest BCUT2D eigenvalue weighted by atomic mass is 10.1. The molecule has 0 fully saturated rings. The minimum Gasteiger partial charge on any atom is -0.497 e. The zero-order valence-corrected chi connectivity index (χ0v) is 12.6. The van der Waals surface area contributed by atoms with Crippen LogP contribution in [0.1, 0.15) is 19.8 Å². The number of nitrogens with two attached hydrogens (primary N) is 1. The Morgan fingerprint density at radius 3 is 2.62 bits per heavy atom. The number of ether oxygens (including phenoxy) is 2. The number of alkyl halides is 2. The van der Waals surface area contributed by atoms with Crippen molar-refractivity contribution in [3.63, 3.8) is 0 Å². The average molecular weight is 325 g/mol. The Kier molecular flexibility index (Phi) is 8.64. The van der Waals surface area contributed by atoms with Crippen molar-refractivity contribution in [1.29, 1.82) is 0 Å². The van der Waals surface area contributed by atoms with Gasteiger partial charge in [-0.3, -0.25) is 4.79 Å². The van der Waals surface area contributed by atoms with Crippen LogP contribution in [0.2, 0.25) is 0 Å². The van der Waals surface area contributed by atoms with Gasteiger partial charge in [0.1, 0.15) is 11.5 Å². The van der Waals surface area contributed by atoms with Crippen LogP contribution >= 0.6 is 12.4 Å². The summed E-state index contributed by atoms with van der Waals surface area (Å²) in [6.07, 6.45) is 1.24. The Balaban J connectivity index is 0.00000400. The first-order valence-corrected chi connectivity index (χ1v) is 6.17. The van der Waals surface area contributed by atoms with Crippen LogP contribution in [0.25, 0.3) is 0 Å². The van der Waals surface area contributed by atoms with Crippen LogP contribution in [0.5, 0.6) is 11.5 Å². The summed E-state index contributed by atoms with van der Waals surface area (Å²) in [6.45, 7) is -1.09. The van der Waals surface area contributed by atoms with Crippen molar-refractivity contribution >= 4 is 24.0 Å². The Morgan fingerprint density at radius 2 is 2.10 bits per heavy atom. The number of amides is 1. The van der Waals surface area contributed by atoms with Gasteiger partial charge in [0.05, 0.1) is 18.8 Å². The predicted molar refractivity (Wildman–Crippen MR) is 78.4 cm³/mol. The van der Waals surface area contributed by atoms with Crippen molar-refractivity contribution in [3.05, 3.63) is 18.2 Å². The number of carbonyl (C=O) groups is 1. The van der Waals surface area contributed by atoms with Crippen molar-refractivity contribution in [2.45, 2.75) is 32.4 Å². The Labute approximate surface area is 128 Å². The molecule has 0 aliphatic heterocycles. The second kappa shape index (κ2) is 9.36. The number of hydrogen-bond acceptors (Lipinski definition) is 4. The van der Waals surface area contributed by atoms with E-state index in [1.165, 1.54) is 25.3 Å². The Morgan fingerprint density at radius 1 is 1.43 bits per heavy atom. The Bertz CT molecular complexity index is 461. The fourth-order valence-electron chi connectivity index (χ4n) is 1.60. The lowest BCUT2D eigenvalue weighted by molar-refractivity contribution is -0.117. The van der Waals surface area contributed by atoms with Crippen LogP contribution in [-0.2, 0) is 4.79 Å². The highest BCUT2D eigenvalue weighted by Crippen LogP contribution is 2.30. The van der Waals surface area contributed by atoms with Crippen molar-refractivity contribution in [2.24, 2.45) is 5.73 Å². The molecule has 21 heavy (non-hydrogen) atoms. The first kappa shape index (κ1) is 19.4. The molecule has 1 rings (SSSR count). The van der Waals surface area contributed by atoms with E-state index in [0.29, 0.717) is 12.2 Å². The molecule has 0 bridgehead atoms. The number of benzene rings is 1. The molecule has 0 aliphatic carbocycles. The second-order valence-corrected chi connectivity index (χ2v) is 4.13. The number of halogens is 3. The SMILES string of the molecule is CCCC(N)C(=O)Nc1cc(OC)ccc1OC(F)F.Cl. The van der Waals surface area contributed by atoms with E-state index >= 15 is 0 Å². The molecule has 8 heteroatoms. The maximum absolute atomic E-state index is 12.3. The van der Waals surface area contributed by atoms with Crippen molar-refractivity contribution in [1.82, 2.24) is 0 Å². The molecule has 0 aromatic heterocycles. The van der Waals surface area contributed by atoms with Crippen molar-refractivity contribution in [3.8, 4) is 11.5 Å². The number of rotatable bonds is 7. The Hall–Kier alpha value is -1.60. The summed E-state index contributed by atoms with van der Waals surface area (Å²) in [4.78, 5) is 11.8. The quantitative estimate of drug-likeness (QED) is 0.809. The van der Waals surface area contributed by atoms with Crippen LogP contribution in [0.15, 0.2) is 18.2 Å². The summed E-state index contributed by atoms with van der Waals surface area (Å²) in [5, 5.41) is 2.47. The minimum atomic E-state index is -2.98. The molecule has 1 amide bonds. The van der Waals surface area contributed by atoms with Crippen LogP contribution in [0.3, 0.4) is 0 Å². The average Bonchev–Trinajstić information content (AvgIpc) is 2.40. The maximum Gasteiger partial charge on any atom is 0.387 e. The largest absolute Gasteiger partial charge is 0.497 e. The molecule has 0 spiro atoms. The van der Waals surface area contributed by atoms with Gasteiger partial charge in [-0.15, -0.1) is 12.4 Å². The highest BCUT2D eigenvalue weighted by molar-refractivity contribution is 5.96. The summed E-state index contributed by atoms with van der Waals surface area (Å²) in [6, 6.07) is 3.45. The molecule has 0 heterocycles. The van der Waals surface area contributed by atoms with Gasteiger partial charge < -0.3 is 20.5 Å². The standard InChI is InChI=1S/C13H18F2N2O3.ClH/c1-3-4-9(16)12(18)17-10-7-8(19-2)5-6-11(10)20-13(14)15;/h5-7,9,13H,3-4,16H2,1-2H3,(H,17,18);1H. The van der Waals surface area contributed by atoms with Crippen LogP contribution in [0, 0.1) is 0 Å². The van der Waals surface area contributed by atoms with E-state index in [4.69, 9.17) is 10.5 Å². The normalized spacial score (nSPS) is 11.5. The molecule has 1 aromatic carbocycles. The van der Waals surface area contributed by atoms with Gasteiger partial charge in [-0.25, -0.2) is 0 Å². The maximum atomic E-state index is 12.3. The summed E-state index contributed by atoms with van der Waals surface area (Å²) >= 11 is 0. The van der Waals surface area contributed by atoms with E-state index in [9.17, 15) is 13.6 Å². The van der Waals surface area contributed by atoms with Gasteiger partial charge in [0.25, 0.3) is 0 Å². The molecule has 1 aromatic rings. The monoisotopic (exact) mass is 324 g/mol. The molecule has 5 nitrogen and oxygen atoms in total. The fourth-order valence-corrected chi connectivity index (χ4v) is 1.60. The number of methoxy groups -OCH3 is 1. The van der Waals surface area contributed by atoms with Crippen molar-refractivity contribution in [2.75, 3.05) is 12.4 Å². The van der Waals surface area contributed by atoms with E-state index in [0.717, 1.165) is 6.42 Å². The van der Waals surface area contributed by atoms with Crippen LogP contribution in [-0.4, -0.2) is 25.7 Å². The highest BCUT2D eigenvalue weighted by atomic mass is 35.5. The molecule has 120 valence electrons. The third kappa shape index (κ3) is 6.14. The van der Waals surface area contributed by atoms with Gasteiger partial charge in [0, 0.05) is 6.07 Å². The molecule has 0 saturated heterocycles.